The first-order valence-corrected chi connectivity index (χ1v) is 9.84. The molecule has 1 aromatic carbocycles. The van der Waals surface area contributed by atoms with Crippen LogP contribution >= 0.6 is 0 Å². The molecule has 0 saturated carbocycles. The van der Waals surface area contributed by atoms with Crippen LogP contribution in [-0.2, 0) is 15.4 Å². The van der Waals surface area contributed by atoms with E-state index in [0.29, 0.717) is 17.4 Å². The zero-order chi connectivity index (χ0) is 18.2. The van der Waals surface area contributed by atoms with E-state index in [4.69, 9.17) is 0 Å². The zero-order valence-electron chi connectivity index (χ0n) is 16.2. The summed E-state index contributed by atoms with van der Waals surface area (Å²) in [5, 5.41) is 0. The van der Waals surface area contributed by atoms with Crippen LogP contribution in [0.3, 0.4) is 0 Å². The second-order valence-corrected chi connectivity index (χ2v) is 10.3. The lowest BCUT2D eigenvalue weighted by atomic mass is 9.85. The van der Waals surface area contributed by atoms with E-state index in [1.54, 1.807) is 10.4 Å². The molecular weight excluding hydrogens is 306 g/mol. The highest BCUT2D eigenvalue weighted by Crippen LogP contribution is 2.35. The van der Waals surface area contributed by atoms with Crippen molar-refractivity contribution >= 4 is 10.0 Å². The molecule has 0 bridgehead atoms. The van der Waals surface area contributed by atoms with E-state index in [1.807, 2.05) is 33.8 Å². The Morgan fingerprint density at radius 2 is 1.57 bits per heavy atom. The van der Waals surface area contributed by atoms with Crippen molar-refractivity contribution in [2.75, 3.05) is 6.54 Å². The lowest BCUT2D eigenvalue weighted by molar-refractivity contribution is 0.259. The summed E-state index contributed by atoms with van der Waals surface area (Å²) in [6, 6.07) is 5.80. The van der Waals surface area contributed by atoms with E-state index in [1.165, 1.54) is 5.56 Å². The van der Waals surface area contributed by atoms with Crippen molar-refractivity contribution in [3.63, 3.8) is 0 Å². The van der Waals surface area contributed by atoms with E-state index in [0.717, 1.165) is 5.56 Å². The molecular formula is C19H33NO2S. The van der Waals surface area contributed by atoms with Crippen LogP contribution in [0, 0.1) is 0 Å². The summed E-state index contributed by atoms with van der Waals surface area (Å²) < 4.78 is 28.2. The number of sulfonamides is 1. The molecule has 0 aliphatic carbocycles. The third-order valence-corrected chi connectivity index (χ3v) is 6.38. The van der Waals surface area contributed by atoms with Crippen LogP contribution in [-0.4, -0.2) is 24.8 Å². The SMILES string of the molecule is CCN(C(C)(C)C)S(=O)(=O)c1ccc(C(C)C)cc1C(C)(C)C. The summed E-state index contributed by atoms with van der Waals surface area (Å²) in [5.41, 5.74) is 1.39. The van der Waals surface area contributed by atoms with Crippen LogP contribution in [0.5, 0.6) is 0 Å². The molecule has 0 aliphatic rings. The van der Waals surface area contributed by atoms with E-state index < -0.39 is 15.6 Å². The molecule has 3 nitrogen and oxygen atoms in total. The van der Waals surface area contributed by atoms with Crippen LogP contribution < -0.4 is 0 Å². The predicted molar refractivity (Wildman–Crippen MR) is 98.5 cm³/mol. The molecule has 0 fully saturated rings. The lowest BCUT2D eigenvalue weighted by Gasteiger charge is -2.35. The molecule has 23 heavy (non-hydrogen) atoms. The molecule has 1 rings (SSSR count). The van der Waals surface area contributed by atoms with Gasteiger partial charge in [0.2, 0.25) is 10.0 Å². The van der Waals surface area contributed by atoms with Gasteiger partial charge in [0, 0.05) is 12.1 Å². The van der Waals surface area contributed by atoms with Crippen molar-refractivity contribution in [3.05, 3.63) is 29.3 Å². The topological polar surface area (TPSA) is 37.4 Å². The highest BCUT2D eigenvalue weighted by Gasteiger charge is 2.36. The average Bonchev–Trinajstić information content (AvgIpc) is 2.35. The summed E-state index contributed by atoms with van der Waals surface area (Å²) in [4.78, 5) is 0.436. The summed E-state index contributed by atoms with van der Waals surface area (Å²) in [7, 11) is -3.53. The Balaban J connectivity index is 3.65. The Bertz CT molecular complexity index is 647. The molecule has 0 saturated heterocycles. The smallest absolute Gasteiger partial charge is 0.207 e. The van der Waals surface area contributed by atoms with Crippen LogP contribution in [0.2, 0.25) is 0 Å². The molecule has 0 heterocycles. The highest BCUT2D eigenvalue weighted by molar-refractivity contribution is 7.89. The number of hydrogen-bond acceptors (Lipinski definition) is 2. The van der Waals surface area contributed by atoms with Crippen molar-refractivity contribution in [2.24, 2.45) is 0 Å². The fraction of sp³-hybridized carbons (Fsp3) is 0.684. The van der Waals surface area contributed by atoms with Crippen molar-refractivity contribution in [1.82, 2.24) is 4.31 Å². The van der Waals surface area contributed by atoms with Gasteiger partial charge in [0.15, 0.2) is 0 Å². The average molecular weight is 340 g/mol. The fourth-order valence-electron chi connectivity index (χ4n) is 2.84. The van der Waals surface area contributed by atoms with Crippen LogP contribution in [0.25, 0.3) is 0 Å². The standard InChI is InChI=1S/C19H33NO2S/c1-10-20(19(7,8)9)23(21,22)17-12-11-15(14(2)3)13-16(17)18(4,5)6/h11-14H,10H2,1-9H3. The van der Waals surface area contributed by atoms with Gasteiger partial charge in [-0.25, -0.2) is 8.42 Å². The monoisotopic (exact) mass is 339 g/mol. The Morgan fingerprint density at radius 3 is 1.91 bits per heavy atom. The second-order valence-electron chi connectivity index (χ2n) is 8.50. The van der Waals surface area contributed by atoms with Crippen LogP contribution in [0.4, 0.5) is 0 Å². The van der Waals surface area contributed by atoms with Crippen LogP contribution in [0.1, 0.15) is 79.4 Å². The van der Waals surface area contributed by atoms with Crippen molar-refractivity contribution in [3.8, 4) is 0 Å². The Kier molecular flexibility index (Phi) is 5.75. The van der Waals surface area contributed by atoms with Gasteiger partial charge >= 0.3 is 0 Å². The van der Waals surface area contributed by atoms with Gasteiger partial charge in [0.05, 0.1) is 4.90 Å². The van der Waals surface area contributed by atoms with Gasteiger partial charge < -0.3 is 0 Å². The van der Waals surface area contributed by atoms with Crippen molar-refractivity contribution < 1.29 is 8.42 Å². The summed E-state index contributed by atoms with van der Waals surface area (Å²) in [6.45, 7) is 18.6. The number of hydrogen-bond donors (Lipinski definition) is 0. The normalized spacial score (nSPS) is 13.9. The van der Waals surface area contributed by atoms with Gasteiger partial charge in [-0.05, 0) is 49.3 Å². The van der Waals surface area contributed by atoms with Gasteiger partial charge in [-0.2, -0.15) is 4.31 Å². The number of rotatable bonds is 4. The minimum Gasteiger partial charge on any atom is -0.207 e. The summed E-state index contributed by atoms with van der Waals surface area (Å²) in [6.07, 6.45) is 0. The third-order valence-electron chi connectivity index (χ3n) is 4.08. The third kappa shape index (κ3) is 4.36. The maximum absolute atomic E-state index is 13.3. The molecule has 0 unspecified atom stereocenters. The van der Waals surface area contributed by atoms with E-state index in [-0.39, 0.29) is 5.41 Å². The maximum atomic E-state index is 13.3. The van der Waals surface area contributed by atoms with Crippen molar-refractivity contribution in [2.45, 2.75) is 84.1 Å². The molecule has 1 aromatic rings. The zero-order valence-corrected chi connectivity index (χ0v) is 17.0. The summed E-state index contributed by atoms with van der Waals surface area (Å²) >= 11 is 0. The lowest BCUT2D eigenvalue weighted by Crippen LogP contribution is -2.45. The van der Waals surface area contributed by atoms with Gasteiger partial charge in [0.1, 0.15) is 0 Å². The highest BCUT2D eigenvalue weighted by atomic mass is 32.2. The Hall–Kier alpha value is -0.870. The largest absolute Gasteiger partial charge is 0.243 e. The molecule has 132 valence electrons. The van der Waals surface area contributed by atoms with E-state index in [9.17, 15) is 8.42 Å². The maximum Gasteiger partial charge on any atom is 0.243 e. The summed E-state index contributed by atoms with van der Waals surface area (Å²) in [5.74, 6) is 0.373. The number of nitrogens with zero attached hydrogens (tertiary/aromatic N) is 1. The first-order valence-electron chi connectivity index (χ1n) is 8.40. The van der Waals surface area contributed by atoms with Gasteiger partial charge in [0.25, 0.3) is 0 Å². The fourth-order valence-corrected chi connectivity index (χ4v) is 5.02. The molecule has 0 aromatic heterocycles. The van der Waals surface area contributed by atoms with E-state index >= 15 is 0 Å². The minimum absolute atomic E-state index is 0.232. The molecule has 0 spiro atoms. The first kappa shape index (κ1) is 20.2. The van der Waals surface area contributed by atoms with Gasteiger partial charge in [-0.15, -0.1) is 0 Å². The molecule has 0 aliphatic heterocycles. The molecule has 0 N–H and O–H groups in total. The quantitative estimate of drug-likeness (QED) is 0.781. The Labute approximate surface area is 143 Å². The number of benzene rings is 1. The molecule has 4 heteroatoms. The van der Waals surface area contributed by atoms with Gasteiger partial charge in [-0.3, -0.25) is 0 Å². The second kappa shape index (κ2) is 6.56. The Morgan fingerprint density at radius 1 is 1.04 bits per heavy atom. The van der Waals surface area contributed by atoms with Crippen molar-refractivity contribution in [1.29, 1.82) is 0 Å². The van der Waals surface area contributed by atoms with E-state index in [2.05, 4.69) is 40.7 Å². The molecule has 0 radical (unpaired) electrons. The van der Waals surface area contributed by atoms with Gasteiger partial charge in [-0.1, -0.05) is 53.7 Å². The molecule has 0 amide bonds. The first-order chi connectivity index (χ1) is 10.2. The molecule has 0 atom stereocenters. The predicted octanol–water partition coefficient (Wildman–Crippen LogP) is 4.92. The van der Waals surface area contributed by atoms with Crippen LogP contribution in [0.15, 0.2) is 23.1 Å². The minimum atomic E-state index is -3.53.